The Balaban J connectivity index is 1.48. The Morgan fingerprint density at radius 2 is 1.32 bits per heavy atom. The zero-order valence-corrected chi connectivity index (χ0v) is 23.0. The molecule has 0 unspecified atom stereocenters. The highest BCUT2D eigenvalue weighted by molar-refractivity contribution is 5.60. The molecule has 3 rings (SSSR count). The van der Waals surface area contributed by atoms with Gasteiger partial charge in [0.25, 0.3) is 0 Å². The van der Waals surface area contributed by atoms with E-state index in [1.807, 2.05) is 0 Å². The lowest BCUT2D eigenvalue weighted by atomic mass is 9.67. The number of carbonyl (C=O) groups excluding carboxylic acids is 1. The molecule has 198 valence electrons. The van der Waals surface area contributed by atoms with Crippen molar-refractivity contribution in [3.8, 4) is 0 Å². The molecule has 0 atom stereocenters. The molecule has 3 nitrogen and oxygen atoms in total. The van der Waals surface area contributed by atoms with Crippen molar-refractivity contribution in [3.63, 3.8) is 0 Å². The molecule has 3 aliphatic carbocycles. The summed E-state index contributed by atoms with van der Waals surface area (Å²) in [5.74, 6) is 4.47. The monoisotopic (exact) mass is 476 g/mol. The zero-order chi connectivity index (χ0) is 24.2. The molecule has 0 aromatic carbocycles. The minimum Gasteiger partial charge on any atom is -0.434 e. The molecular weight excluding hydrogens is 420 g/mol. The summed E-state index contributed by atoms with van der Waals surface area (Å²) in [4.78, 5) is 12.6. The van der Waals surface area contributed by atoms with Crippen LogP contribution in [0.4, 0.5) is 4.79 Å². The molecule has 3 aliphatic rings. The van der Waals surface area contributed by atoms with E-state index < -0.39 is 6.16 Å². The molecule has 3 heteroatoms. The van der Waals surface area contributed by atoms with Crippen molar-refractivity contribution in [3.05, 3.63) is 0 Å². The van der Waals surface area contributed by atoms with Crippen LogP contribution in [0.25, 0.3) is 0 Å². The van der Waals surface area contributed by atoms with Gasteiger partial charge in [-0.15, -0.1) is 0 Å². The highest BCUT2D eigenvalue weighted by Gasteiger charge is 2.41. The second-order valence-electron chi connectivity index (χ2n) is 12.5. The van der Waals surface area contributed by atoms with E-state index in [2.05, 4.69) is 20.8 Å². The third-order valence-corrected chi connectivity index (χ3v) is 9.88. The van der Waals surface area contributed by atoms with Crippen molar-refractivity contribution >= 4 is 6.16 Å². The van der Waals surface area contributed by atoms with E-state index in [1.54, 1.807) is 0 Å². The van der Waals surface area contributed by atoms with Crippen LogP contribution in [0.3, 0.4) is 0 Å². The van der Waals surface area contributed by atoms with E-state index in [0.29, 0.717) is 6.61 Å². The van der Waals surface area contributed by atoms with Gasteiger partial charge in [-0.05, 0) is 87.4 Å². The zero-order valence-electron chi connectivity index (χ0n) is 23.0. The van der Waals surface area contributed by atoms with Crippen molar-refractivity contribution in [2.75, 3.05) is 6.61 Å². The number of hydrogen-bond acceptors (Lipinski definition) is 3. The molecule has 0 radical (unpaired) electrons. The predicted octanol–water partition coefficient (Wildman–Crippen LogP) is 9.86. The first-order valence-corrected chi connectivity index (χ1v) is 15.4. The van der Waals surface area contributed by atoms with Crippen LogP contribution < -0.4 is 0 Å². The van der Waals surface area contributed by atoms with E-state index in [-0.39, 0.29) is 5.60 Å². The van der Waals surface area contributed by atoms with Gasteiger partial charge in [0.1, 0.15) is 5.60 Å². The van der Waals surface area contributed by atoms with Gasteiger partial charge in [-0.3, -0.25) is 0 Å². The highest BCUT2D eigenvalue weighted by atomic mass is 16.7. The number of carbonyl (C=O) groups is 1. The Hall–Kier alpha value is -0.730. The van der Waals surface area contributed by atoms with Crippen LogP contribution in [0.15, 0.2) is 0 Å². The molecule has 0 aromatic heterocycles. The molecule has 0 amide bonds. The van der Waals surface area contributed by atoms with Gasteiger partial charge in [-0.1, -0.05) is 91.4 Å². The van der Waals surface area contributed by atoms with Crippen molar-refractivity contribution in [1.29, 1.82) is 0 Å². The summed E-state index contributed by atoms with van der Waals surface area (Å²) in [6.45, 7) is 7.34. The lowest BCUT2D eigenvalue weighted by Crippen LogP contribution is -2.41. The van der Waals surface area contributed by atoms with Crippen molar-refractivity contribution in [2.45, 2.75) is 155 Å². The van der Waals surface area contributed by atoms with Crippen LogP contribution >= 0.6 is 0 Å². The summed E-state index contributed by atoms with van der Waals surface area (Å²) < 4.78 is 11.7. The van der Waals surface area contributed by atoms with E-state index in [9.17, 15) is 4.79 Å². The number of ether oxygens (including phenoxy) is 2. The van der Waals surface area contributed by atoms with Crippen LogP contribution in [-0.4, -0.2) is 18.4 Å². The lowest BCUT2D eigenvalue weighted by Gasteiger charge is -2.43. The van der Waals surface area contributed by atoms with E-state index in [0.717, 1.165) is 61.7 Å². The van der Waals surface area contributed by atoms with Crippen LogP contribution in [0.1, 0.15) is 149 Å². The predicted molar refractivity (Wildman–Crippen MR) is 142 cm³/mol. The second-order valence-corrected chi connectivity index (χ2v) is 12.5. The maximum Gasteiger partial charge on any atom is 0.508 e. The first-order valence-electron chi connectivity index (χ1n) is 15.4. The van der Waals surface area contributed by atoms with Gasteiger partial charge in [0.05, 0.1) is 6.61 Å². The Morgan fingerprint density at radius 3 is 1.94 bits per heavy atom. The maximum absolute atomic E-state index is 12.6. The summed E-state index contributed by atoms with van der Waals surface area (Å²) in [7, 11) is 0. The number of hydrogen-bond donors (Lipinski definition) is 0. The first-order chi connectivity index (χ1) is 16.5. The Morgan fingerprint density at radius 1 is 0.735 bits per heavy atom. The van der Waals surface area contributed by atoms with Gasteiger partial charge in [-0.25, -0.2) is 4.79 Å². The summed E-state index contributed by atoms with van der Waals surface area (Å²) in [6.07, 6.45) is 25.3. The maximum atomic E-state index is 12.6. The highest BCUT2D eigenvalue weighted by Crippen LogP contribution is 2.46. The SMILES string of the molecule is CCCCC[C@H]1CC[C@H](CCC2(OC(=O)OCCCC)CCC(C3CCC(C)CC3)CC2)CC1. The summed E-state index contributed by atoms with van der Waals surface area (Å²) >= 11 is 0. The fourth-order valence-electron chi connectivity index (χ4n) is 7.26. The number of unbranched alkanes of at least 4 members (excludes halogenated alkanes) is 3. The van der Waals surface area contributed by atoms with Crippen molar-refractivity contribution in [2.24, 2.45) is 29.6 Å². The fraction of sp³-hybridized carbons (Fsp3) is 0.968. The second kappa shape index (κ2) is 14.7. The third-order valence-electron chi connectivity index (χ3n) is 9.88. The molecular formula is C31H56O3. The molecule has 0 saturated heterocycles. The summed E-state index contributed by atoms with van der Waals surface area (Å²) in [6, 6.07) is 0. The third kappa shape index (κ3) is 9.05. The normalized spacial score (nSPS) is 34.5. The van der Waals surface area contributed by atoms with E-state index >= 15 is 0 Å². The molecule has 0 aromatic rings. The standard InChI is InChI=1S/C31H56O3/c1-4-6-8-9-26-12-14-27(15-13-26)18-21-31(34-30(32)33-24-7-5-2)22-19-29(20-23-31)28-16-10-25(3)11-17-28/h25-29H,4-24H2,1-3H3/t25?,26-,27-,28?,29?,31?. The van der Waals surface area contributed by atoms with Crippen molar-refractivity contribution < 1.29 is 14.3 Å². The van der Waals surface area contributed by atoms with Crippen LogP contribution in [0, 0.1) is 29.6 Å². The Kier molecular flexibility index (Phi) is 12.1. The summed E-state index contributed by atoms with van der Waals surface area (Å²) in [5, 5.41) is 0. The molecule has 34 heavy (non-hydrogen) atoms. The van der Waals surface area contributed by atoms with Crippen molar-refractivity contribution in [1.82, 2.24) is 0 Å². The molecule has 0 spiro atoms. The minimum atomic E-state index is -0.405. The molecule has 3 fully saturated rings. The van der Waals surface area contributed by atoms with Gasteiger partial charge in [0.2, 0.25) is 0 Å². The van der Waals surface area contributed by atoms with Gasteiger partial charge in [-0.2, -0.15) is 0 Å². The average molecular weight is 477 g/mol. The molecule has 0 N–H and O–H groups in total. The first kappa shape index (κ1) is 27.9. The largest absolute Gasteiger partial charge is 0.508 e. The molecule has 0 aliphatic heterocycles. The molecule has 3 saturated carbocycles. The van der Waals surface area contributed by atoms with E-state index in [4.69, 9.17) is 9.47 Å². The van der Waals surface area contributed by atoms with Gasteiger partial charge >= 0.3 is 6.16 Å². The molecule has 0 heterocycles. The quantitative estimate of drug-likeness (QED) is 0.208. The van der Waals surface area contributed by atoms with Gasteiger partial charge in [0.15, 0.2) is 0 Å². The van der Waals surface area contributed by atoms with Gasteiger partial charge < -0.3 is 9.47 Å². The Labute approximate surface area is 211 Å². The minimum absolute atomic E-state index is 0.264. The van der Waals surface area contributed by atoms with Gasteiger partial charge in [0, 0.05) is 0 Å². The number of rotatable bonds is 12. The van der Waals surface area contributed by atoms with E-state index in [1.165, 1.54) is 96.3 Å². The summed E-state index contributed by atoms with van der Waals surface area (Å²) in [5.41, 5.74) is -0.264. The fourth-order valence-corrected chi connectivity index (χ4v) is 7.26. The van der Waals surface area contributed by atoms with Crippen LogP contribution in [0.2, 0.25) is 0 Å². The topological polar surface area (TPSA) is 35.5 Å². The smallest absolute Gasteiger partial charge is 0.434 e. The Bertz CT molecular complexity index is 549. The molecule has 0 bridgehead atoms. The van der Waals surface area contributed by atoms with Crippen LogP contribution in [-0.2, 0) is 9.47 Å². The van der Waals surface area contributed by atoms with Crippen LogP contribution in [0.5, 0.6) is 0 Å². The average Bonchev–Trinajstić information content (AvgIpc) is 2.85. The lowest BCUT2D eigenvalue weighted by molar-refractivity contribution is -0.0750.